The minimum absolute atomic E-state index is 0.0603. The molecule has 0 atom stereocenters. The second-order valence-electron chi connectivity index (χ2n) is 4.79. The fourth-order valence-electron chi connectivity index (χ4n) is 2.34. The molecule has 0 fully saturated rings. The summed E-state index contributed by atoms with van der Waals surface area (Å²) >= 11 is 0. The van der Waals surface area contributed by atoms with Crippen molar-refractivity contribution < 1.29 is 5.21 Å². The lowest BCUT2D eigenvalue weighted by molar-refractivity contribution is 0.318. The van der Waals surface area contributed by atoms with Gasteiger partial charge in [0.15, 0.2) is 5.84 Å². The van der Waals surface area contributed by atoms with Crippen molar-refractivity contribution in [2.24, 2.45) is 17.9 Å². The van der Waals surface area contributed by atoms with Crippen LogP contribution in [-0.4, -0.2) is 27.9 Å². The fourth-order valence-corrected chi connectivity index (χ4v) is 2.34. The van der Waals surface area contributed by atoms with Crippen LogP contribution in [0.2, 0.25) is 0 Å². The van der Waals surface area contributed by atoms with E-state index < -0.39 is 0 Å². The second-order valence-corrected chi connectivity index (χ2v) is 4.79. The van der Waals surface area contributed by atoms with Crippen LogP contribution < -0.4 is 10.6 Å². The number of hydrogen-bond acceptors (Lipinski definition) is 4. The SMILES string of the molecule is Cc1cccc(N(C)c2c(C(N)=NO)c(C)nn2C)c1. The first kappa shape index (κ1) is 13.9. The van der Waals surface area contributed by atoms with Crippen LogP contribution in [0.4, 0.5) is 11.5 Å². The number of rotatable bonds is 3. The van der Waals surface area contributed by atoms with E-state index >= 15 is 0 Å². The molecule has 0 aliphatic heterocycles. The van der Waals surface area contributed by atoms with Gasteiger partial charge in [0.1, 0.15) is 5.82 Å². The van der Waals surface area contributed by atoms with Crippen molar-refractivity contribution in [3.8, 4) is 0 Å². The maximum Gasteiger partial charge on any atom is 0.175 e. The summed E-state index contributed by atoms with van der Waals surface area (Å²) in [5.41, 5.74) is 9.31. The van der Waals surface area contributed by atoms with E-state index in [2.05, 4.69) is 16.3 Å². The Morgan fingerprint density at radius 1 is 1.40 bits per heavy atom. The number of oxime groups is 1. The Bertz CT molecular complexity index is 660. The Morgan fingerprint density at radius 2 is 2.10 bits per heavy atom. The van der Waals surface area contributed by atoms with Crippen molar-refractivity contribution >= 4 is 17.3 Å². The predicted molar refractivity (Wildman–Crippen MR) is 79.7 cm³/mol. The van der Waals surface area contributed by atoms with Gasteiger partial charge in [-0.1, -0.05) is 17.3 Å². The molecule has 2 aromatic rings. The van der Waals surface area contributed by atoms with Crippen molar-refractivity contribution in [1.29, 1.82) is 0 Å². The Balaban J connectivity index is 2.58. The molecule has 0 saturated heterocycles. The van der Waals surface area contributed by atoms with Gasteiger partial charge in [-0.25, -0.2) is 0 Å². The number of nitrogens with two attached hydrogens (primary N) is 1. The summed E-state index contributed by atoms with van der Waals surface area (Å²) in [6.45, 7) is 3.87. The summed E-state index contributed by atoms with van der Waals surface area (Å²) in [7, 11) is 3.77. The van der Waals surface area contributed by atoms with Crippen LogP contribution in [-0.2, 0) is 7.05 Å². The monoisotopic (exact) mass is 273 g/mol. The molecule has 6 heteroatoms. The molecule has 1 aromatic carbocycles. The molecular formula is C14H19N5O. The van der Waals surface area contributed by atoms with E-state index in [1.165, 1.54) is 5.56 Å². The van der Waals surface area contributed by atoms with Gasteiger partial charge in [0, 0.05) is 19.8 Å². The summed E-state index contributed by atoms with van der Waals surface area (Å²) in [4.78, 5) is 1.97. The maximum atomic E-state index is 8.95. The zero-order chi connectivity index (χ0) is 14.9. The molecule has 1 aromatic heterocycles. The topological polar surface area (TPSA) is 79.7 Å². The molecule has 0 radical (unpaired) electrons. The van der Waals surface area contributed by atoms with E-state index in [0.717, 1.165) is 17.2 Å². The van der Waals surface area contributed by atoms with E-state index in [4.69, 9.17) is 10.9 Å². The maximum absolute atomic E-state index is 8.95. The molecule has 0 aliphatic rings. The Hall–Kier alpha value is -2.50. The largest absolute Gasteiger partial charge is 0.409 e. The predicted octanol–water partition coefficient (Wildman–Crippen LogP) is 1.90. The molecule has 0 aliphatic carbocycles. The molecule has 0 amide bonds. The molecule has 6 nitrogen and oxygen atoms in total. The van der Waals surface area contributed by atoms with Crippen LogP contribution >= 0.6 is 0 Å². The first-order chi connectivity index (χ1) is 9.45. The summed E-state index contributed by atoms with van der Waals surface area (Å²) < 4.78 is 1.73. The second kappa shape index (κ2) is 5.24. The Kier molecular flexibility index (Phi) is 3.65. The number of anilines is 2. The molecule has 20 heavy (non-hydrogen) atoms. The number of aromatic nitrogens is 2. The number of nitrogens with zero attached hydrogens (tertiary/aromatic N) is 4. The normalized spacial score (nSPS) is 11.7. The average molecular weight is 273 g/mol. The highest BCUT2D eigenvalue weighted by molar-refractivity contribution is 6.03. The van der Waals surface area contributed by atoms with Gasteiger partial charge in [0.25, 0.3) is 0 Å². The quantitative estimate of drug-likeness (QED) is 0.387. The van der Waals surface area contributed by atoms with Crippen molar-refractivity contribution in [3.05, 3.63) is 41.1 Å². The molecule has 1 heterocycles. The van der Waals surface area contributed by atoms with Crippen molar-refractivity contribution in [1.82, 2.24) is 9.78 Å². The summed E-state index contributed by atoms with van der Waals surface area (Å²) in [5.74, 6) is 0.841. The van der Waals surface area contributed by atoms with Gasteiger partial charge in [0.05, 0.1) is 11.3 Å². The lowest BCUT2D eigenvalue weighted by Crippen LogP contribution is -2.21. The minimum Gasteiger partial charge on any atom is -0.409 e. The molecule has 2 rings (SSSR count). The molecule has 0 saturated carbocycles. The van der Waals surface area contributed by atoms with Crippen molar-refractivity contribution in [2.45, 2.75) is 13.8 Å². The number of aryl methyl sites for hydroxylation is 3. The highest BCUT2D eigenvalue weighted by atomic mass is 16.4. The van der Waals surface area contributed by atoms with Crippen LogP contribution in [0.1, 0.15) is 16.8 Å². The van der Waals surface area contributed by atoms with Gasteiger partial charge in [-0.15, -0.1) is 0 Å². The Morgan fingerprint density at radius 3 is 2.70 bits per heavy atom. The molecule has 0 spiro atoms. The van der Waals surface area contributed by atoms with E-state index in [1.807, 2.05) is 51.0 Å². The van der Waals surface area contributed by atoms with E-state index in [1.54, 1.807) is 4.68 Å². The van der Waals surface area contributed by atoms with E-state index in [-0.39, 0.29) is 5.84 Å². The fraction of sp³-hybridized carbons (Fsp3) is 0.286. The number of hydrogen-bond donors (Lipinski definition) is 2. The van der Waals surface area contributed by atoms with E-state index in [0.29, 0.717) is 5.56 Å². The first-order valence-corrected chi connectivity index (χ1v) is 6.27. The third-order valence-corrected chi connectivity index (χ3v) is 3.26. The molecule has 106 valence electrons. The standard InChI is InChI=1S/C14H19N5O/c1-9-6-5-7-11(8-9)18(3)14-12(13(15)17-20)10(2)16-19(14)4/h5-8,20H,1-4H3,(H2,15,17). The first-order valence-electron chi connectivity index (χ1n) is 6.27. The zero-order valence-corrected chi connectivity index (χ0v) is 12.1. The molecule has 0 unspecified atom stereocenters. The number of amidine groups is 1. The molecule has 0 bridgehead atoms. The van der Waals surface area contributed by atoms with Gasteiger partial charge < -0.3 is 15.8 Å². The van der Waals surface area contributed by atoms with Crippen LogP contribution in [0.15, 0.2) is 29.4 Å². The highest BCUT2D eigenvalue weighted by Crippen LogP contribution is 2.28. The summed E-state index contributed by atoms with van der Waals surface area (Å²) in [6.07, 6.45) is 0. The van der Waals surface area contributed by atoms with Gasteiger partial charge in [0.2, 0.25) is 0 Å². The van der Waals surface area contributed by atoms with Crippen molar-refractivity contribution in [3.63, 3.8) is 0 Å². The summed E-state index contributed by atoms with van der Waals surface area (Å²) in [5, 5.41) is 16.4. The third-order valence-electron chi connectivity index (χ3n) is 3.26. The highest BCUT2D eigenvalue weighted by Gasteiger charge is 2.21. The van der Waals surface area contributed by atoms with Crippen LogP contribution in [0.25, 0.3) is 0 Å². The van der Waals surface area contributed by atoms with Gasteiger partial charge in [-0.2, -0.15) is 5.10 Å². The zero-order valence-electron chi connectivity index (χ0n) is 12.1. The molecular weight excluding hydrogens is 254 g/mol. The molecule has 3 N–H and O–H groups in total. The summed E-state index contributed by atoms with van der Waals surface area (Å²) in [6, 6.07) is 8.10. The number of benzene rings is 1. The average Bonchev–Trinajstić information content (AvgIpc) is 2.71. The smallest absolute Gasteiger partial charge is 0.175 e. The van der Waals surface area contributed by atoms with Crippen LogP contribution in [0.3, 0.4) is 0 Å². The van der Waals surface area contributed by atoms with Gasteiger partial charge >= 0.3 is 0 Å². The van der Waals surface area contributed by atoms with Crippen molar-refractivity contribution in [2.75, 3.05) is 11.9 Å². The lowest BCUT2D eigenvalue weighted by atomic mass is 10.2. The minimum atomic E-state index is 0.0603. The third kappa shape index (κ3) is 2.32. The van der Waals surface area contributed by atoms with Crippen LogP contribution in [0, 0.1) is 13.8 Å². The van der Waals surface area contributed by atoms with Gasteiger partial charge in [-0.05, 0) is 31.5 Å². The van der Waals surface area contributed by atoms with E-state index in [9.17, 15) is 0 Å². The van der Waals surface area contributed by atoms with Crippen LogP contribution in [0.5, 0.6) is 0 Å². The van der Waals surface area contributed by atoms with Gasteiger partial charge in [-0.3, -0.25) is 4.68 Å². The lowest BCUT2D eigenvalue weighted by Gasteiger charge is -2.21. The Labute approximate surface area is 118 Å².